The Balaban J connectivity index is 1.29. The highest BCUT2D eigenvalue weighted by Crippen LogP contribution is 2.34. The molecule has 1 saturated heterocycles. The normalized spacial score (nSPS) is 14.9. The van der Waals surface area contributed by atoms with Crippen LogP contribution in [0.3, 0.4) is 0 Å². The molecule has 0 amide bonds. The van der Waals surface area contributed by atoms with Gasteiger partial charge in [-0.1, -0.05) is 6.07 Å². The van der Waals surface area contributed by atoms with Crippen molar-refractivity contribution in [2.24, 2.45) is 0 Å². The SMILES string of the molecule is O=C(O)c1cc(F)c2c(=O)n(Cc3cc(F)c(-c4cccc(OCc5ncc(C(F)(F)F)s5)n4)cc3F)n(C[C@@H]3CCO3)c2c1. The molecule has 16 heteroatoms. The standard InChI is InChI=1S/C29H20F6N4O5S/c30-18-9-17(21-2-1-3-24(37-21)44-13-25-36-10-23(45-25)29(33,34)35)19(31)7-15(18)11-39-27(40)26-20(32)6-14(28(41)42)8-22(26)38(39)12-16-4-5-43-16/h1-3,6-10,16H,4-5,11-13H2,(H,41,42)/t16-/m0/s1. The zero-order valence-corrected chi connectivity index (χ0v) is 23.6. The number of thiazole rings is 1. The second kappa shape index (κ2) is 11.7. The number of aromatic nitrogens is 4. The van der Waals surface area contributed by atoms with Crippen molar-refractivity contribution in [3.63, 3.8) is 0 Å². The number of ether oxygens (including phenoxy) is 2. The highest BCUT2D eigenvalue weighted by Gasteiger charge is 2.33. The van der Waals surface area contributed by atoms with Gasteiger partial charge in [0.05, 0.1) is 42.2 Å². The number of carboxylic acids is 1. The Morgan fingerprint density at radius 1 is 1.09 bits per heavy atom. The van der Waals surface area contributed by atoms with Crippen molar-refractivity contribution in [2.45, 2.75) is 38.4 Å². The quantitative estimate of drug-likeness (QED) is 0.199. The van der Waals surface area contributed by atoms with Crippen LogP contribution in [0.4, 0.5) is 26.3 Å². The summed E-state index contributed by atoms with van der Waals surface area (Å²) in [6.45, 7) is -0.349. The molecule has 1 aliphatic rings. The summed E-state index contributed by atoms with van der Waals surface area (Å²) in [5.41, 5.74) is -1.84. The van der Waals surface area contributed by atoms with Crippen molar-refractivity contribution in [2.75, 3.05) is 6.61 Å². The van der Waals surface area contributed by atoms with Gasteiger partial charge in [0.25, 0.3) is 5.56 Å². The summed E-state index contributed by atoms with van der Waals surface area (Å²) in [5.74, 6) is -4.38. The van der Waals surface area contributed by atoms with Gasteiger partial charge < -0.3 is 14.6 Å². The average molecular weight is 651 g/mol. The van der Waals surface area contributed by atoms with Crippen molar-refractivity contribution in [3.05, 3.63) is 97.5 Å². The number of carbonyl (C=O) groups is 1. The molecule has 4 heterocycles. The number of carboxylic acid groups (broad SMARTS) is 1. The number of hydrogen-bond acceptors (Lipinski definition) is 7. The number of nitrogens with zero attached hydrogens (tertiary/aromatic N) is 4. The molecule has 0 aliphatic carbocycles. The summed E-state index contributed by atoms with van der Waals surface area (Å²) in [5, 5.41) is 9.03. The van der Waals surface area contributed by atoms with Gasteiger partial charge >= 0.3 is 12.1 Å². The van der Waals surface area contributed by atoms with Crippen LogP contribution in [0.5, 0.6) is 5.88 Å². The van der Waals surface area contributed by atoms with Crippen LogP contribution in [0.1, 0.15) is 32.2 Å². The minimum absolute atomic E-state index is 0.0289. The Kier molecular flexibility index (Phi) is 7.86. The molecule has 1 N–H and O–H groups in total. The van der Waals surface area contributed by atoms with E-state index in [9.17, 15) is 32.3 Å². The summed E-state index contributed by atoms with van der Waals surface area (Å²) >= 11 is 0.401. The van der Waals surface area contributed by atoms with E-state index in [0.29, 0.717) is 30.6 Å². The van der Waals surface area contributed by atoms with E-state index in [0.717, 1.165) is 28.9 Å². The van der Waals surface area contributed by atoms with Crippen LogP contribution in [0.15, 0.2) is 53.5 Å². The third kappa shape index (κ3) is 6.02. The van der Waals surface area contributed by atoms with Crippen LogP contribution in [0.25, 0.3) is 22.2 Å². The lowest BCUT2D eigenvalue weighted by molar-refractivity contribution is -0.134. The Bertz CT molecular complexity index is 2000. The van der Waals surface area contributed by atoms with Gasteiger partial charge in [-0.3, -0.25) is 9.48 Å². The molecule has 5 aromatic rings. The van der Waals surface area contributed by atoms with E-state index in [1.54, 1.807) is 0 Å². The zero-order chi connectivity index (χ0) is 32.0. The fraction of sp³-hybridized carbons (Fsp3) is 0.241. The predicted octanol–water partition coefficient (Wildman–Crippen LogP) is 5.87. The number of alkyl halides is 3. The molecule has 1 aliphatic heterocycles. The topological polar surface area (TPSA) is 108 Å². The molecular weight excluding hydrogens is 630 g/mol. The molecule has 9 nitrogen and oxygen atoms in total. The number of halogens is 6. The monoisotopic (exact) mass is 650 g/mol. The fourth-order valence-electron chi connectivity index (χ4n) is 4.83. The van der Waals surface area contributed by atoms with Gasteiger partial charge in [-0.2, -0.15) is 13.2 Å². The van der Waals surface area contributed by atoms with Crippen molar-refractivity contribution in [3.8, 4) is 17.1 Å². The van der Waals surface area contributed by atoms with Gasteiger partial charge in [-0.05, 0) is 36.8 Å². The zero-order valence-electron chi connectivity index (χ0n) is 22.8. The minimum atomic E-state index is -4.54. The summed E-state index contributed by atoms with van der Waals surface area (Å²) in [6.07, 6.45) is -3.58. The van der Waals surface area contributed by atoms with Crippen molar-refractivity contribution in [1.82, 2.24) is 19.3 Å². The number of rotatable bonds is 9. The molecule has 3 aromatic heterocycles. The number of benzene rings is 2. The fourth-order valence-corrected chi connectivity index (χ4v) is 5.53. The molecule has 45 heavy (non-hydrogen) atoms. The summed E-state index contributed by atoms with van der Waals surface area (Å²) < 4.78 is 97.5. The second-order valence-electron chi connectivity index (χ2n) is 10.1. The van der Waals surface area contributed by atoms with Gasteiger partial charge in [-0.25, -0.2) is 32.6 Å². The van der Waals surface area contributed by atoms with E-state index < -0.39 is 57.5 Å². The second-order valence-corrected chi connectivity index (χ2v) is 11.2. The lowest BCUT2D eigenvalue weighted by atomic mass is 10.1. The molecule has 1 fully saturated rings. The largest absolute Gasteiger partial charge is 0.478 e. The van der Waals surface area contributed by atoms with Crippen LogP contribution in [0, 0.1) is 17.5 Å². The van der Waals surface area contributed by atoms with E-state index in [-0.39, 0.29) is 52.5 Å². The van der Waals surface area contributed by atoms with Gasteiger partial charge in [0, 0.05) is 23.8 Å². The first-order valence-corrected chi connectivity index (χ1v) is 14.1. The summed E-state index contributed by atoms with van der Waals surface area (Å²) in [4.78, 5) is 31.7. The number of aromatic carboxylic acids is 1. The van der Waals surface area contributed by atoms with Crippen LogP contribution in [-0.4, -0.2) is 43.1 Å². The van der Waals surface area contributed by atoms with Crippen molar-refractivity contribution >= 4 is 28.2 Å². The number of fused-ring (bicyclic) bond motifs is 1. The molecule has 0 spiro atoms. The van der Waals surface area contributed by atoms with Crippen LogP contribution in [-0.2, 0) is 30.6 Å². The first-order valence-electron chi connectivity index (χ1n) is 13.3. The molecule has 1 atom stereocenters. The molecule has 0 unspecified atom stereocenters. The maximum Gasteiger partial charge on any atom is 0.427 e. The van der Waals surface area contributed by atoms with Crippen LogP contribution >= 0.6 is 11.3 Å². The Labute approximate surface area is 252 Å². The van der Waals surface area contributed by atoms with E-state index in [4.69, 9.17) is 9.47 Å². The number of hydrogen-bond donors (Lipinski definition) is 1. The first-order chi connectivity index (χ1) is 21.4. The lowest BCUT2D eigenvalue weighted by Gasteiger charge is -2.28. The number of pyridine rings is 1. The third-order valence-electron chi connectivity index (χ3n) is 7.14. The smallest absolute Gasteiger partial charge is 0.427 e. The maximum atomic E-state index is 15.5. The van der Waals surface area contributed by atoms with E-state index >= 15 is 8.78 Å². The Hall–Kier alpha value is -4.70. The molecule has 0 saturated carbocycles. The van der Waals surface area contributed by atoms with E-state index in [1.165, 1.54) is 22.9 Å². The van der Waals surface area contributed by atoms with Crippen LogP contribution in [0.2, 0.25) is 0 Å². The lowest BCUT2D eigenvalue weighted by Crippen LogP contribution is -2.35. The molecule has 0 radical (unpaired) electrons. The third-order valence-corrected chi connectivity index (χ3v) is 8.15. The average Bonchev–Trinajstić information content (AvgIpc) is 3.55. The molecule has 2 aromatic carbocycles. The van der Waals surface area contributed by atoms with Gasteiger partial charge in [0.15, 0.2) is 0 Å². The van der Waals surface area contributed by atoms with Crippen molar-refractivity contribution < 1.29 is 45.7 Å². The van der Waals surface area contributed by atoms with Gasteiger partial charge in [0.2, 0.25) is 5.88 Å². The van der Waals surface area contributed by atoms with Gasteiger partial charge in [-0.15, -0.1) is 11.3 Å². The highest BCUT2D eigenvalue weighted by atomic mass is 32.1. The maximum absolute atomic E-state index is 15.5. The van der Waals surface area contributed by atoms with Crippen LogP contribution < -0.4 is 10.3 Å². The minimum Gasteiger partial charge on any atom is -0.478 e. The van der Waals surface area contributed by atoms with E-state index in [2.05, 4.69) is 9.97 Å². The Morgan fingerprint density at radius 3 is 2.53 bits per heavy atom. The van der Waals surface area contributed by atoms with Crippen molar-refractivity contribution in [1.29, 1.82) is 0 Å². The van der Waals surface area contributed by atoms with Gasteiger partial charge in [0.1, 0.15) is 39.3 Å². The highest BCUT2D eigenvalue weighted by molar-refractivity contribution is 7.11. The predicted molar refractivity (Wildman–Crippen MR) is 148 cm³/mol. The Morgan fingerprint density at radius 2 is 1.87 bits per heavy atom. The van der Waals surface area contributed by atoms with E-state index in [1.807, 2.05) is 0 Å². The molecule has 6 rings (SSSR count). The summed E-state index contributed by atoms with van der Waals surface area (Å²) in [7, 11) is 0. The first kappa shape index (κ1) is 30.3. The molecule has 0 bridgehead atoms. The summed E-state index contributed by atoms with van der Waals surface area (Å²) in [6, 6.07) is 7.78. The molecular formula is C29H20F6N4O5S. The molecule has 234 valence electrons.